The summed E-state index contributed by atoms with van der Waals surface area (Å²) in [5.41, 5.74) is -1.00. The van der Waals surface area contributed by atoms with Crippen molar-refractivity contribution in [1.82, 2.24) is 25.0 Å². The number of hydrogen-bond acceptors (Lipinski definition) is 7. The van der Waals surface area contributed by atoms with Crippen LogP contribution in [0.15, 0.2) is 48.7 Å². The largest absolute Gasteiger partial charge is 0.573 e. The average Bonchev–Trinajstić information content (AvgIpc) is 3.03. The zero-order valence-electron chi connectivity index (χ0n) is 21.2. The van der Waals surface area contributed by atoms with Crippen molar-refractivity contribution < 1.29 is 32.3 Å². The van der Waals surface area contributed by atoms with Crippen LogP contribution in [-0.2, 0) is 9.59 Å². The SMILES string of the molecule is CN1CCN(CC(=O)NC(c2ccccn2)N2C(=O)N(c3ccc(OC(F)(F)F)cc3)C(=O)C2(C)C)CC1. The smallest absolute Gasteiger partial charge is 0.406 e. The molecule has 2 fully saturated rings. The van der Waals surface area contributed by atoms with Gasteiger partial charge in [0.25, 0.3) is 5.91 Å². The summed E-state index contributed by atoms with van der Waals surface area (Å²) in [6.45, 7) is 6.26. The highest BCUT2D eigenvalue weighted by Gasteiger charge is 2.55. The summed E-state index contributed by atoms with van der Waals surface area (Å²) in [4.78, 5) is 50.8. The van der Waals surface area contributed by atoms with Crippen LogP contribution in [0.25, 0.3) is 0 Å². The first-order chi connectivity index (χ1) is 17.9. The van der Waals surface area contributed by atoms with Crippen LogP contribution in [0.5, 0.6) is 5.75 Å². The van der Waals surface area contributed by atoms with E-state index in [1.807, 2.05) is 11.9 Å². The van der Waals surface area contributed by atoms with E-state index in [-0.39, 0.29) is 18.1 Å². The molecule has 4 amide bonds. The second kappa shape index (κ2) is 10.6. The Hall–Kier alpha value is -3.71. The normalized spacial score (nSPS) is 19.5. The Morgan fingerprint density at radius 3 is 2.32 bits per heavy atom. The lowest BCUT2D eigenvalue weighted by atomic mass is 10.0. The van der Waals surface area contributed by atoms with E-state index in [1.54, 1.807) is 18.2 Å². The predicted molar refractivity (Wildman–Crippen MR) is 131 cm³/mol. The molecule has 1 unspecified atom stereocenters. The first kappa shape index (κ1) is 27.3. The molecule has 1 N–H and O–H groups in total. The molecule has 38 heavy (non-hydrogen) atoms. The molecule has 2 aliphatic heterocycles. The Morgan fingerprint density at radius 1 is 1.08 bits per heavy atom. The Morgan fingerprint density at radius 2 is 1.74 bits per heavy atom. The fraction of sp³-hybridized carbons (Fsp3) is 0.440. The van der Waals surface area contributed by atoms with Gasteiger partial charge in [-0.25, -0.2) is 9.69 Å². The molecule has 4 rings (SSSR count). The molecule has 0 spiro atoms. The number of pyridine rings is 1. The van der Waals surface area contributed by atoms with Gasteiger partial charge in [0.05, 0.1) is 17.9 Å². The fourth-order valence-electron chi connectivity index (χ4n) is 4.48. The Kier molecular flexibility index (Phi) is 7.61. The number of aromatic nitrogens is 1. The number of nitrogens with zero attached hydrogens (tertiary/aromatic N) is 5. The number of imide groups is 1. The molecular weight excluding hydrogens is 505 g/mol. The number of likely N-dealkylation sites (N-methyl/N-ethyl adjacent to an activating group) is 1. The van der Waals surface area contributed by atoms with E-state index in [1.165, 1.54) is 37.1 Å². The van der Waals surface area contributed by atoms with E-state index in [2.05, 4.69) is 19.9 Å². The number of hydrogen-bond donors (Lipinski definition) is 1. The monoisotopic (exact) mass is 534 g/mol. The maximum atomic E-state index is 13.7. The van der Waals surface area contributed by atoms with E-state index in [4.69, 9.17) is 0 Å². The third kappa shape index (κ3) is 5.89. The molecule has 0 bridgehead atoms. The molecule has 1 atom stereocenters. The number of halogens is 3. The van der Waals surface area contributed by atoms with Crippen molar-refractivity contribution in [3.05, 3.63) is 54.4 Å². The molecule has 10 nitrogen and oxygen atoms in total. The highest BCUT2D eigenvalue weighted by atomic mass is 19.4. The summed E-state index contributed by atoms with van der Waals surface area (Å²) in [7, 11) is 2.01. The molecule has 204 valence electrons. The zero-order chi connectivity index (χ0) is 27.7. The summed E-state index contributed by atoms with van der Waals surface area (Å²) in [6.07, 6.45) is -4.43. The molecule has 2 aromatic rings. The van der Waals surface area contributed by atoms with E-state index < -0.39 is 35.8 Å². The number of piperazine rings is 1. The predicted octanol–water partition coefficient (Wildman–Crippen LogP) is 2.59. The van der Waals surface area contributed by atoms with Gasteiger partial charge in [-0.3, -0.25) is 24.4 Å². The van der Waals surface area contributed by atoms with Crippen molar-refractivity contribution in [3.63, 3.8) is 0 Å². The maximum Gasteiger partial charge on any atom is 0.573 e. The van der Waals surface area contributed by atoms with Gasteiger partial charge in [0, 0.05) is 32.4 Å². The molecule has 2 saturated heterocycles. The number of carbonyl (C=O) groups is 3. The third-order valence-corrected chi connectivity index (χ3v) is 6.54. The van der Waals surface area contributed by atoms with Crippen molar-refractivity contribution in [2.75, 3.05) is 44.7 Å². The minimum atomic E-state index is -4.88. The van der Waals surface area contributed by atoms with Gasteiger partial charge in [-0.1, -0.05) is 6.07 Å². The van der Waals surface area contributed by atoms with E-state index in [9.17, 15) is 27.6 Å². The molecule has 0 aliphatic carbocycles. The summed E-state index contributed by atoms with van der Waals surface area (Å²) < 4.78 is 41.5. The van der Waals surface area contributed by atoms with Gasteiger partial charge in [0.15, 0.2) is 0 Å². The minimum Gasteiger partial charge on any atom is -0.406 e. The third-order valence-electron chi connectivity index (χ3n) is 6.54. The van der Waals surface area contributed by atoms with E-state index in [0.717, 1.165) is 30.1 Å². The van der Waals surface area contributed by atoms with Gasteiger partial charge in [-0.2, -0.15) is 0 Å². The summed E-state index contributed by atoms with van der Waals surface area (Å²) in [5.74, 6) is -1.44. The lowest BCUT2D eigenvalue weighted by Gasteiger charge is -2.36. The lowest BCUT2D eigenvalue weighted by molar-refractivity contribution is -0.274. The van der Waals surface area contributed by atoms with Crippen molar-refractivity contribution in [3.8, 4) is 5.75 Å². The van der Waals surface area contributed by atoms with Crippen molar-refractivity contribution in [2.45, 2.75) is 31.9 Å². The second-order valence-electron chi connectivity index (χ2n) is 9.70. The quantitative estimate of drug-likeness (QED) is 0.546. The molecule has 0 radical (unpaired) electrons. The van der Waals surface area contributed by atoms with Gasteiger partial charge in [0.1, 0.15) is 17.5 Å². The van der Waals surface area contributed by atoms with Crippen LogP contribution in [0.2, 0.25) is 0 Å². The Balaban J connectivity index is 1.60. The highest BCUT2D eigenvalue weighted by molar-refractivity contribution is 6.23. The van der Waals surface area contributed by atoms with Gasteiger partial charge in [0.2, 0.25) is 5.91 Å². The van der Waals surface area contributed by atoms with Crippen LogP contribution < -0.4 is 15.0 Å². The molecule has 1 aromatic heterocycles. The number of ether oxygens (including phenoxy) is 1. The minimum absolute atomic E-state index is 0.0635. The van der Waals surface area contributed by atoms with Crippen LogP contribution in [0.4, 0.5) is 23.7 Å². The Labute approximate surface area is 217 Å². The fourth-order valence-corrected chi connectivity index (χ4v) is 4.48. The molecule has 0 saturated carbocycles. The first-order valence-electron chi connectivity index (χ1n) is 12.0. The number of alkyl halides is 3. The van der Waals surface area contributed by atoms with Gasteiger partial charge >= 0.3 is 12.4 Å². The van der Waals surface area contributed by atoms with E-state index in [0.29, 0.717) is 18.8 Å². The first-order valence-corrected chi connectivity index (χ1v) is 12.0. The van der Waals surface area contributed by atoms with Crippen LogP contribution in [0.3, 0.4) is 0 Å². The molecule has 2 aliphatic rings. The maximum absolute atomic E-state index is 13.7. The summed E-state index contributed by atoms with van der Waals surface area (Å²) >= 11 is 0. The number of anilines is 1. The number of rotatable bonds is 7. The number of urea groups is 1. The van der Waals surface area contributed by atoms with Gasteiger partial charge in [-0.15, -0.1) is 13.2 Å². The second-order valence-corrected chi connectivity index (χ2v) is 9.70. The lowest BCUT2D eigenvalue weighted by Crippen LogP contribution is -2.54. The molecule has 13 heteroatoms. The number of benzene rings is 1. The molecule has 3 heterocycles. The van der Waals surface area contributed by atoms with Crippen LogP contribution in [0, 0.1) is 0 Å². The number of nitrogens with one attached hydrogen (secondary N) is 1. The zero-order valence-corrected chi connectivity index (χ0v) is 21.2. The van der Waals surface area contributed by atoms with Crippen molar-refractivity contribution in [2.24, 2.45) is 0 Å². The van der Waals surface area contributed by atoms with Gasteiger partial charge in [-0.05, 0) is 57.3 Å². The standard InChI is InChI=1S/C25H29F3N6O4/c1-24(2)22(36)33(17-7-9-18(10-8-17)38-25(26,27)28)23(37)34(24)21(19-6-4-5-11-29-19)30-20(35)16-32-14-12-31(3)13-15-32/h4-11,21H,12-16H2,1-3H3,(H,30,35). The Bertz CT molecular complexity index is 1170. The number of carbonyl (C=O) groups excluding carboxylic acids is 3. The average molecular weight is 535 g/mol. The van der Waals surface area contributed by atoms with E-state index >= 15 is 0 Å². The molecule has 1 aromatic carbocycles. The topological polar surface area (TPSA) is 98.3 Å². The summed E-state index contributed by atoms with van der Waals surface area (Å²) in [6, 6.07) is 8.71. The van der Waals surface area contributed by atoms with Crippen LogP contribution >= 0.6 is 0 Å². The summed E-state index contributed by atoms with van der Waals surface area (Å²) in [5, 5.41) is 2.87. The van der Waals surface area contributed by atoms with Gasteiger partial charge < -0.3 is 15.0 Å². The van der Waals surface area contributed by atoms with Crippen LogP contribution in [0.1, 0.15) is 25.7 Å². The number of amides is 4. The molecular formula is C25H29F3N6O4. The van der Waals surface area contributed by atoms with Crippen molar-refractivity contribution >= 4 is 23.5 Å². The van der Waals surface area contributed by atoms with Crippen molar-refractivity contribution in [1.29, 1.82) is 0 Å². The highest BCUT2D eigenvalue weighted by Crippen LogP contribution is 2.38. The van der Waals surface area contributed by atoms with Crippen LogP contribution in [-0.4, -0.2) is 89.2 Å².